The summed E-state index contributed by atoms with van der Waals surface area (Å²) >= 11 is 1.73. The van der Waals surface area contributed by atoms with Crippen LogP contribution in [-0.4, -0.2) is 22.1 Å². The minimum absolute atomic E-state index is 0.0313. The molecule has 1 saturated carbocycles. The second-order valence-corrected chi connectivity index (χ2v) is 6.71. The largest absolute Gasteiger partial charge is 0.363 e. The van der Waals surface area contributed by atoms with E-state index in [-0.39, 0.29) is 5.54 Å². The van der Waals surface area contributed by atoms with Crippen molar-refractivity contribution in [1.29, 1.82) is 0 Å². The number of nitrogens with one attached hydrogen (secondary N) is 1. The van der Waals surface area contributed by atoms with E-state index in [1.807, 2.05) is 0 Å². The van der Waals surface area contributed by atoms with Gasteiger partial charge in [-0.2, -0.15) is 0 Å². The van der Waals surface area contributed by atoms with Gasteiger partial charge in [0.1, 0.15) is 17.0 Å². The van der Waals surface area contributed by atoms with E-state index in [1.165, 1.54) is 28.7 Å². The molecule has 2 aromatic rings. The summed E-state index contributed by atoms with van der Waals surface area (Å²) in [6.07, 6.45) is 6.42. The standard InChI is InChI=1S/C14H20N4S/c1-9-10(2)19-13-11(9)12(16-8-17-13)18-14(7-15)5-3-4-6-14/h8H,3-7,15H2,1-2H3,(H,16,17,18). The monoisotopic (exact) mass is 276 g/mol. The highest BCUT2D eigenvalue weighted by Crippen LogP contribution is 2.37. The van der Waals surface area contributed by atoms with Gasteiger partial charge in [-0.3, -0.25) is 0 Å². The fraction of sp³-hybridized carbons (Fsp3) is 0.571. The summed E-state index contributed by atoms with van der Waals surface area (Å²) in [4.78, 5) is 11.2. The number of aryl methyl sites for hydroxylation is 2. The molecule has 0 aromatic carbocycles. The highest BCUT2D eigenvalue weighted by molar-refractivity contribution is 7.18. The summed E-state index contributed by atoms with van der Waals surface area (Å²) in [6, 6.07) is 0. The Morgan fingerprint density at radius 3 is 2.74 bits per heavy atom. The van der Waals surface area contributed by atoms with Crippen LogP contribution in [0.25, 0.3) is 10.2 Å². The summed E-state index contributed by atoms with van der Waals surface area (Å²) in [6.45, 7) is 4.95. The summed E-state index contributed by atoms with van der Waals surface area (Å²) in [5.74, 6) is 0.958. The average Bonchev–Trinajstić information content (AvgIpc) is 2.97. The summed E-state index contributed by atoms with van der Waals surface area (Å²) in [5.41, 5.74) is 7.32. The van der Waals surface area contributed by atoms with Crippen molar-refractivity contribution < 1.29 is 0 Å². The lowest BCUT2D eigenvalue weighted by Crippen LogP contribution is -2.43. The van der Waals surface area contributed by atoms with E-state index in [2.05, 4.69) is 29.1 Å². The Kier molecular flexibility index (Phi) is 3.19. The van der Waals surface area contributed by atoms with E-state index in [9.17, 15) is 0 Å². The van der Waals surface area contributed by atoms with Crippen LogP contribution < -0.4 is 11.1 Å². The molecule has 0 saturated heterocycles. The molecule has 0 spiro atoms. The SMILES string of the molecule is Cc1sc2ncnc(NC3(CN)CCCC3)c2c1C. The number of thiophene rings is 1. The first-order valence-corrected chi connectivity index (χ1v) is 7.66. The number of nitrogens with two attached hydrogens (primary N) is 1. The van der Waals surface area contributed by atoms with Crippen LogP contribution in [-0.2, 0) is 0 Å². The van der Waals surface area contributed by atoms with Gasteiger partial charge in [0.2, 0.25) is 0 Å². The van der Waals surface area contributed by atoms with Crippen molar-refractivity contribution >= 4 is 27.4 Å². The molecule has 1 fully saturated rings. The Labute approximate surface area is 117 Å². The molecule has 0 amide bonds. The van der Waals surface area contributed by atoms with Crippen molar-refractivity contribution in [2.75, 3.05) is 11.9 Å². The Balaban J connectivity index is 2.05. The smallest absolute Gasteiger partial charge is 0.138 e. The van der Waals surface area contributed by atoms with Gasteiger partial charge < -0.3 is 11.1 Å². The fourth-order valence-corrected chi connectivity index (χ4v) is 3.96. The summed E-state index contributed by atoms with van der Waals surface area (Å²) in [5, 5.41) is 4.80. The van der Waals surface area contributed by atoms with Crippen LogP contribution in [0.2, 0.25) is 0 Å². The Morgan fingerprint density at radius 2 is 2.05 bits per heavy atom. The molecule has 5 heteroatoms. The molecule has 0 aliphatic heterocycles. The molecule has 1 aliphatic carbocycles. The molecular weight excluding hydrogens is 256 g/mol. The molecule has 0 bridgehead atoms. The van der Waals surface area contributed by atoms with E-state index in [4.69, 9.17) is 5.73 Å². The van der Waals surface area contributed by atoms with E-state index >= 15 is 0 Å². The first kappa shape index (κ1) is 12.8. The fourth-order valence-electron chi connectivity index (χ4n) is 2.96. The highest BCUT2D eigenvalue weighted by atomic mass is 32.1. The van der Waals surface area contributed by atoms with Gasteiger partial charge in [-0.15, -0.1) is 11.3 Å². The van der Waals surface area contributed by atoms with E-state index in [0.717, 1.165) is 23.5 Å². The van der Waals surface area contributed by atoms with Crippen LogP contribution in [0.3, 0.4) is 0 Å². The Bertz CT molecular complexity index is 599. The molecule has 0 radical (unpaired) electrons. The van der Waals surface area contributed by atoms with Crippen molar-refractivity contribution in [1.82, 2.24) is 9.97 Å². The maximum Gasteiger partial charge on any atom is 0.138 e. The second kappa shape index (κ2) is 4.72. The van der Waals surface area contributed by atoms with Gasteiger partial charge >= 0.3 is 0 Å². The topological polar surface area (TPSA) is 63.8 Å². The molecule has 19 heavy (non-hydrogen) atoms. The summed E-state index contributed by atoms with van der Waals surface area (Å²) in [7, 11) is 0. The van der Waals surface area contributed by atoms with Crippen LogP contribution in [0.4, 0.5) is 5.82 Å². The Hall–Kier alpha value is -1.20. The van der Waals surface area contributed by atoms with Crippen molar-refractivity contribution in [2.45, 2.75) is 45.1 Å². The number of fused-ring (bicyclic) bond motifs is 1. The number of hydrogen-bond donors (Lipinski definition) is 2. The van der Waals surface area contributed by atoms with E-state index in [0.29, 0.717) is 6.54 Å². The number of anilines is 1. The van der Waals surface area contributed by atoms with Gasteiger partial charge in [-0.1, -0.05) is 12.8 Å². The third kappa shape index (κ3) is 2.11. The lowest BCUT2D eigenvalue weighted by atomic mass is 9.97. The molecule has 2 aromatic heterocycles. The molecule has 3 rings (SSSR count). The number of nitrogens with zero attached hydrogens (tertiary/aromatic N) is 2. The van der Waals surface area contributed by atoms with Crippen molar-refractivity contribution in [2.24, 2.45) is 5.73 Å². The van der Waals surface area contributed by atoms with Crippen LogP contribution in [0, 0.1) is 13.8 Å². The third-order valence-corrected chi connectivity index (χ3v) is 5.42. The molecule has 2 heterocycles. The number of hydrogen-bond acceptors (Lipinski definition) is 5. The predicted molar refractivity (Wildman–Crippen MR) is 80.8 cm³/mol. The zero-order valence-electron chi connectivity index (χ0n) is 11.5. The average molecular weight is 276 g/mol. The van der Waals surface area contributed by atoms with Gasteiger partial charge in [0.15, 0.2) is 0 Å². The summed E-state index contributed by atoms with van der Waals surface area (Å²) < 4.78 is 0. The second-order valence-electron chi connectivity index (χ2n) is 5.50. The molecule has 4 nitrogen and oxygen atoms in total. The van der Waals surface area contributed by atoms with Crippen LogP contribution in [0.15, 0.2) is 6.33 Å². The van der Waals surface area contributed by atoms with Crippen LogP contribution in [0.5, 0.6) is 0 Å². The van der Waals surface area contributed by atoms with Gasteiger partial charge in [-0.05, 0) is 32.3 Å². The molecule has 0 atom stereocenters. The van der Waals surface area contributed by atoms with E-state index in [1.54, 1.807) is 17.7 Å². The molecule has 0 unspecified atom stereocenters. The zero-order chi connectivity index (χ0) is 13.5. The lowest BCUT2D eigenvalue weighted by Gasteiger charge is -2.29. The molecule has 102 valence electrons. The molecule has 3 N–H and O–H groups in total. The van der Waals surface area contributed by atoms with Gasteiger partial charge in [-0.25, -0.2) is 9.97 Å². The normalized spacial score (nSPS) is 18.1. The number of aromatic nitrogens is 2. The lowest BCUT2D eigenvalue weighted by molar-refractivity contribution is 0.492. The number of rotatable bonds is 3. The van der Waals surface area contributed by atoms with Crippen molar-refractivity contribution in [3.8, 4) is 0 Å². The van der Waals surface area contributed by atoms with Crippen LogP contribution in [0.1, 0.15) is 36.1 Å². The quantitative estimate of drug-likeness (QED) is 0.904. The third-order valence-electron chi connectivity index (χ3n) is 4.30. The first-order valence-electron chi connectivity index (χ1n) is 6.84. The molecular formula is C14H20N4S. The van der Waals surface area contributed by atoms with Gasteiger partial charge in [0.25, 0.3) is 0 Å². The first-order chi connectivity index (χ1) is 9.15. The van der Waals surface area contributed by atoms with Gasteiger partial charge in [0, 0.05) is 11.4 Å². The maximum absolute atomic E-state index is 6.00. The Morgan fingerprint density at radius 1 is 1.32 bits per heavy atom. The van der Waals surface area contributed by atoms with Crippen molar-refractivity contribution in [3.63, 3.8) is 0 Å². The van der Waals surface area contributed by atoms with E-state index < -0.39 is 0 Å². The van der Waals surface area contributed by atoms with Crippen LogP contribution >= 0.6 is 11.3 Å². The predicted octanol–water partition coefficient (Wildman–Crippen LogP) is 2.99. The zero-order valence-corrected chi connectivity index (χ0v) is 12.3. The maximum atomic E-state index is 6.00. The minimum atomic E-state index is 0.0313. The minimum Gasteiger partial charge on any atom is -0.363 e. The molecule has 1 aliphatic rings. The highest BCUT2D eigenvalue weighted by Gasteiger charge is 2.33. The van der Waals surface area contributed by atoms with Crippen molar-refractivity contribution in [3.05, 3.63) is 16.8 Å². The van der Waals surface area contributed by atoms with Gasteiger partial charge in [0.05, 0.1) is 10.9 Å².